The van der Waals surface area contributed by atoms with E-state index >= 15 is 0 Å². The molecule has 3 atom stereocenters. The molecule has 7 aromatic heterocycles. The maximum Gasteiger partial charge on any atom is 0.291 e. The number of furan rings is 5. The van der Waals surface area contributed by atoms with Crippen LogP contribution < -0.4 is 14.2 Å². The third kappa shape index (κ3) is 6.90. The summed E-state index contributed by atoms with van der Waals surface area (Å²) in [5, 5.41) is 3.66. The zero-order valence-corrected chi connectivity index (χ0v) is 39.9. The van der Waals surface area contributed by atoms with E-state index in [2.05, 4.69) is 81.3 Å². The number of para-hydroxylation sites is 3. The lowest BCUT2D eigenvalue weighted by Crippen LogP contribution is -2.32. The first-order valence-corrected chi connectivity index (χ1v) is 24.6. The number of aromatic nitrogens is 4. The SMILES string of the molecule is Cc1ccc(-c2nccn2-c2cccc3c2oc2c(-c4cccc(Oc5cc6cc7oc(Oc8cccc(-c9cccc%10c9OC9C%10C=CC[C@@H]9n9ccnc9-c9ccc(C)o9)c8)cc7cc6o5)c4)cccc23)o1. The Kier molecular flexibility index (Phi) is 9.34. The molecule has 0 saturated carbocycles. The van der Waals surface area contributed by atoms with Gasteiger partial charge in [-0.3, -0.25) is 4.57 Å². The topological polar surface area (TPSA) is 129 Å². The molecule has 13 aromatic rings. The van der Waals surface area contributed by atoms with Crippen LogP contribution in [0.5, 0.6) is 29.1 Å². The average Bonchev–Trinajstić information content (AvgIpc) is 4.29. The van der Waals surface area contributed by atoms with Crippen LogP contribution in [-0.4, -0.2) is 25.2 Å². The van der Waals surface area contributed by atoms with E-state index in [4.69, 9.17) is 36.3 Å². The van der Waals surface area contributed by atoms with Crippen LogP contribution in [0, 0.1) is 13.8 Å². The van der Waals surface area contributed by atoms with E-state index in [0.717, 1.165) is 101 Å². The van der Waals surface area contributed by atoms with Gasteiger partial charge in [0.15, 0.2) is 28.8 Å². The van der Waals surface area contributed by atoms with Crippen molar-refractivity contribution in [1.29, 1.82) is 0 Å². The average molecular weight is 971 g/mol. The molecule has 8 heterocycles. The number of ether oxygens (including phenoxy) is 3. The Bertz CT molecular complexity index is 4310. The quantitative estimate of drug-likeness (QED) is 0.122. The van der Waals surface area contributed by atoms with Crippen molar-refractivity contribution >= 4 is 43.9 Å². The predicted octanol–water partition coefficient (Wildman–Crippen LogP) is 16.6. The lowest BCUT2D eigenvalue weighted by atomic mass is 9.84. The third-order valence-electron chi connectivity index (χ3n) is 14.3. The minimum Gasteiger partial charge on any atom is -0.486 e. The Morgan fingerprint density at radius 3 is 1.89 bits per heavy atom. The lowest BCUT2D eigenvalue weighted by molar-refractivity contribution is 0.146. The molecule has 2 aliphatic rings. The van der Waals surface area contributed by atoms with Crippen molar-refractivity contribution in [3.05, 3.63) is 206 Å². The maximum atomic E-state index is 6.96. The van der Waals surface area contributed by atoms with E-state index in [-0.39, 0.29) is 18.1 Å². The highest BCUT2D eigenvalue weighted by atomic mass is 16.6. The van der Waals surface area contributed by atoms with Gasteiger partial charge in [-0.2, -0.15) is 0 Å². The molecule has 0 bridgehead atoms. The number of fused-ring (bicyclic) bond motifs is 8. The molecule has 2 unspecified atom stereocenters. The van der Waals surface area contributed by atoms with Crippen LogP contribution in [0.15, 0.2) is 211 Å². The zero-order chi connectivity index (χ0) is 49.0. The molecule has 1 aliphatic heterocycles. The monoisotopic (exact) mass is 970 g/mol. The van der Waals surface area contributed by atoms with Gasteiger partial charge in [-0.25, -0.2) is 9.97 Å². The first-order valence-electron chi connectivity index (χ1n) is 24.6. The molecule has 12 heteroatoms. The highest BCUT2D eigenvalue weighted by Gasteiger charge is 2.42. The Morgan fingerprint density at radius 2 is 1.18 bits per heavy atom. The molecule has 12 nitrogen and oxygen atoms in total. The molecule has 0 amide bonds. The highest BCUT2D eigenvalue weighted by Crippen LogP contribution is 2.51. The van der Waals surface area contributed by atoms with Gasteiger partial charge in [-0.15, -0.1) is 0 Å². The van der Waals surface area contributed by atoms with Gasteiger partial charge in [-0.1, -0.05) is 84.9 Å². The number of benzene rings is 6. The number of hydrogen-bond acceptors (Lipinski definition) is 10. The van der Waals surface area contributed by atoms with Gasteiger partial charge in [-0.05, 0) is 98.1 Å². The Balaban J connectivity index is 0.670. The first kappa shape index (κ1) is 42.0. The van der Waals surface area contributed by atoms with Crippen molar-refractivity contribution in [2.45, 2.75) is 38.3 Å². The van der Waals surface area contributed by atoms with Crippen LogP contribution in [0.25, 0.3) is 95.0 Å². The van der Waals surface area contributed by atoms with Crippen LogP contribution in [0.1, 0.15) is 35.5 Å². The summed E-state index contributed by atoms with van der Waals surface area (Å²) in [7, 11) is 0. The summed E-state index contributed by atoms with van der Waals surface area (Å²) in [6, 6.07) is 50.1. The standard InChI is InChI=1S/C62H42N4O8/c1-35-21-23-51(67-35)61-63-25-27-65(61)49-19-7-17-47-45-15-5-13-43(57(45)73-59(47)49)37-9-3-11-41(29-37)69-55-33-39-31-54-40(32-53(39)71-55)34-56(72-54)70-42-12-4-10-38(30-42)44-14-6-16-46-48-18-8-20-50(60(48)74-58(44)46)66-28-26-64-62(66)52-24-22-36(2)68-52/h3-19,21-34,48,50,60H,20H2,1-2H3/t48?,50-,60?/m0/s1. The summed E-state index contributed by atoms with van der Waals surface area (Å²) in [5.41, 5.74) is 8.69. The van der Waals surface area contributed by atoms with Gasteiger partial charge >= 0.3 is 0 Å². The number of allylic oxidation sites excluding steroid dienone is 1. The Labute approximate surface area is 421 Å². The van der Waals surface area contributed by atoms with E-state index in [1.54, 1.807) is 6.20 Å². The fourth-order valence-electron chi connectivity index (χ4n) is 11.0. The lowest BCUT2D eigenvalue weighted by Gasteiger charge is -2.31. The largest absolute Gasteiger partial charge is 0.486 e. The summed E-state index contributed by atoms with van der Waals surface area (Å²) in [6.45, 7) is 3.87. The maximum absolute atomic E-state index is 6.96. The molecule has 15 rings (SSSR count). The second-order valence-electron chi connectivity index (χ2n) is 18.9. The molecule has 6 aromatic carbocycles. The van der Waals surface area contributed by atoms with Gasteiger partial charge < -0.3 is 40.9 Å². The molecule has 1 aliphatic carbocycles. The van der Waals surface area contributed by atoms with Crippen molar-refractivity contribution in [3.8, 4) is 80.3 Å². The number of hydrogen-bond donors (Lipinski definition) is 0. The fourth-order valence-corrected chi connectivity index (χ4v) is 11.0. The van der Waals surface area contributed by atoms with Crippen molar-refractivity contribution in [2.75, 3.05) is 0 Å². The molecular weight excluding hydrogens is 929 g/mol. The molecular formula is C62H42N4O8. The third-order valence-corrected chi connectivity index (χ3v) is 14.3. The van der Waals surface area contributed by atoms with Crippen LogP contribution >= 0.6 is 0 Å². The van der Waals surface area contributed by atoms with Gasteiger partial charge in [0.05, 0.1) is 11.7 Å². The predicted molar refractivity (Wildman–Crippen MR) is 281 cm³/mol. The summed E-state index contributed by atoms with van der Waals surface area (Å²) >= 11 is 0. The molecule has 0 spiro atoms. The van der Waals surface area contributed by atoms with Crippen molar-refractivity contribution in [3.63, 3.8) is 0 Å². The second-order valence-corrected chi connectivity index (χ2v) is 18.9. The molecule has 74 heavy (non-hydrogen) atoms. The normalized spacial score (nSPS) is 16.1. The van der Waals surface area contributed by atoms with E-state index < -0.39 is 0 Å². The molecule has 0 radical (unpaired) electrons. The summed E-state index contributed by atoms with van der Waals surface area (Å²) in [6.07, 6.45) is 12.8. The minimum atomic E-state index is -0.113. The van der Waals surface area contributed by atoms with Crippen LogP contribution in [0.2, 0.25) is 0 Å². The van der Waals surface area contributed by atoms with Crippen LogP contribution in [0.4, 0.5) is 0 Å². The highest BCUT2D eigenvalue weighted by molar-refractivity contribution is 6.11. The summed E-state index contributed by atoms with van der Waals surface area (Å²) < 4.78 is 55.2. The first-order chi connectivity index (χ1) is 36.4. The summed E-state index contributed by atoms with van der Waals surface area (Å²) in [5.74, 6) is 7.53. The van der Waals surface area contributed by atoms with Gasteiger partial charge in [0.2, 0.25) is 0 Å². The Hall–Kier alpha value is -9.68. The molecule has 0 fully saturated rings. The smallest absolute Gasteiger partial charge is 0.291 e. The summed E-state index contributed by atoms with van der Waals surface area (Å²) in [4.78, 5) is 9.29. The van der Waals surface area contributed by atoms with Crippen molar-refractivity contribution in [1.82, 2.24) is 19.1 Å². The van der Waals surface area contributed by atoms with Crippen LogP contribution in [0.3, 0.4) is 0 Å². The van der Waals surface area contributed by atoms with Gasteiger partial charge in [0.1, 0.15) is 51.6 Å². The van der Waals surface area contributed by atoms with E-state index in [1.165, 1.54) is 0 Å². The van der Waals surface area contributed by atoms with E-state index in [9.17, 15) is 0 Å². The fraction of sp³-hybridized carbons (Fsp3) is 0.0968. The van der Waals surface area contributed by atoms with Crippen molar-refractivity contribution < 1.29 is 36.3 Å². The number of rotatable bonds is 10. The van der Waals surface area contributed by atoms with Gasteiger partial charge in [0.25, 0.3) is 11.9 Å². The second kappa shape index (κ2) is 16.4. The molecule has 0 saturated heterocycles. The van der Waals surface area contributed by atoms with E-state index in [1.807, 2.05) is 134 Å². The number of nitrogens with zero attached hydrogens (tertiary/aromatic N) is 4. The van der Waals surface area contributed by atoms with Crippen LogP contribution in [-0.2, 0) is 0 Å². The minimum absolute atomic E-state index is 0.0318. The molecule has 358 valence electrons. The van der Waals surface area contributed by atoms with Gasteiger partial charge in [0, 0.05) is 81.1 Å². The molecule has 0 N–H and O–H groups in total. The zero-order valence-electron chi connectivity index (χ0n) is 39.9. The Morgan fingerprint density at radius 1 is 0.554 bits per heavy atom. The van der Waals surface area contributed by atoms with Crippen molar-refractivity contribution in [2.24, 2.45) is 0 Å². The number of aryl methyl sites for hydroxylation is 2. The number of imidazole rings is 2. The van der Waals surface area contributed by atoms with E-state index in [0.29, 0.717) is 46.1 Å².